The second kappa shape index (κ2) is 6.61. The fraction of sp³-hybridized carbons (Fsp3) is 0.692. The highest BCUT2D eigenvalue weighted by atomic mass is 19.3. The zero-order chi connectivity index (χ0) is 15.3. The van der Waals surface area contributed by atoms with Crippen LogP contribution in [-0.4, -0.2) is 22.8 Å². The Morgan fingerprint density at radius 3 is 2.71 bits per heavy atom. The number of rotatable bonds is 6. The molecule has 114 valence electrons. The van der Waals surface area contributed by atoms with Gasteiger partial charge in [0.15, 0.2) is 0 Å². The van der Waals surface area contributed by atoms with E-state index < -0.39 is 23.7 Å². The van der Waals surface area contributed by atoms with Crippen molar-refractivity contribution in [1.29, 1.82) is 5.26 Å². The average Bonchev–Trinajstić information content (AvgIpc) is 3.12. The number of nitriles is 1. The lowest BCUT2D eigenvalue weighted by Gasteiger charge is -2.19. The highest BCUT2D eigenvalue weighted by molar-refractivity contribution is 5.69. The molecule has 0 spiro atoms. The van der Waals surface area contributed by atoms with Gasteiger partial charge in [0.25, 0.3) is 5.89 Å². The van der Waals surface area contributed by atoms with Gasteiger partial charge < -0.3 is 9.15 Å². The Balaban J connectivity index is 1.75. The summed E-state index contributed by atoms with van der Waals surface area (Å²) in [6, 6.07) is 2.22. The van der Waals surface area contributed by atoms with Crippen molar-refractivity contribution in [1.82, 2.24) is 10.2 Å². The Labute approximate surface area is 120 Å². The first kappa shape index (κ1) is 15.4. The van der Waals surface area contributed by atoms with Crippen LogP contribution in [0, 0.1) is 16.7 Å². The van der Waals surface area contributed by atoms with E-state index in [9.17, 15) is 13.6 Å². The Morgan fingerprint density at radius 1 is 1.43 bits per heavy atom. The van der Waals surface area contributed by atoms with Crippen molar-refractivity contribution < 1.29 is 22.7 Å². The van der Waals surface area contributed by atoms with Crippen molar-refractivity contribution in [2.45, 2.75) is 45.0 Å². The summed E-state index contributed by atoms with van der Waals surface area (Å²) < 4.78 is 34.2. The van der Waals surface area contributed by atoms with Gasteiger partial charge in [0, 0.05) is 6.42 Å². The number of aryl methyl sites for hydroxylation is 1. The zero-order valence-electron chi connectivity index (χ0n) is 11.3. The fourth-order valence-electron chi connectivity index (χ4n) is 2.30. The molecule has 1 aliphatic carbocycles. The van der Waals surface area contributed by atoms with Crippen LogP contribution in [0.15, 0.2) is 4.42 Å². The first-order valence-corrected chi connectivity index (χ1v) is 6.72. The Bertz CT molecular complexity index is 533. The summed E-state index contributed by atoms with van der Waals surface area (Å²) in [7, 11) is 0. The SMILES string of the molecule is N#CC1(COC(=O)CCc2nnc(C(F)F)o2)CCCC1. The van der Waals surface area contributed by atoms with Gasteiger partial charge in [-0.1, -0.05) is 12.8 Å². The minimum absolute atomic E-state index is 0.0295. The summed E-state index contributed by atoms with van der Waals surface area (Å²) in [5, 5.41) is 15.7. The Hall–Kier alpha value is -2.04. The van der Waals surface area contributed by atoms with Crippen LogP contribution in [0.4, 0.5) is 8.78 Å². The first-order valence-electron chi connectivity index (χ1n) is 6.72. The summed E-state index contributed by atoms with van der Waals surface area (Å²) in [4.78, 5) is 11.6. The predicted octanol–water partition coefficient (Wildman–Crippen LogP) is 2.57. The third kappa shape index (κ3) is 3.97. The maximum atomic E-state index is 12.2. The van der Waals surface area contributed by atoms with Gasteiger partial charge in [-0.05, 0) is 12.8 Å². The van der Waals surface area contributed by atoms with E-state index in [1.54, 1.807) is 0 Å². The molecule has 0 unspecified atom stereocenters. The second-order valence-corrected chi connectivity index (χ2v) is 5.09. The van der Waals surface area contributed by atoms with E-state index in [2.05, 4.69) is 20.7 Å². The number of aromatic nitrogens is 2. The van der Waals surface area contributed by atoms with E-state index in [-0.39, 0.29) is 25.3 Å². The van der Waals surface area contributed by atoms with Crippen LogP contribution >= 0.6 is 0 Å². The highest BCUT2D eigenvalue weighted by Gasteiger charge is 2.35. The van der Waals surface area contributed by atoms with Crippen molar-refractivity contribution in [2.75, 3.05) is 6.61 Å². The molecule has 0 bridgehead atoms. The van der Waals surface area contributed by atoms with Crippen LogP contribution in [0.1, 0.15) is 50.3 Å². The van der Waals surface area contributed by atoms with Gasteiger partial charge >= 0.3 is 12.4 Å². The largest absolute Gasteiger partial charge is 0.464 e. The molecular formula is C13H15F2N3O3. The quantitative estimate of drug-likeness (QED) is 0.750. The minimum Gasteiger partial charge on any atom is -0.464 e. The molecule has 1 aliphatic rings. The van der Waals surface area contributed by atoms with Crippen LogP contribution in [0.2, 0.25) is 0 Å². The number of alkyl halides is 2. The van der Waals surface area contributed by atoms with Crippen LogP contribution in [0.5, 0.6) is 0 Å². The van der Waals surface area contributed by atoms with Gasteiger partial charge in [-0.15, -0.1) is 10.2 Å². The smallest absolute Gasteiger partial charge is 0.314 e. The summed E-state index contributed by atoms with van der Waals surface area (Å²) in [6.07, 6.45) is 0.560. The highest BCUT2D eigenvalue weighted by Crippen LogP contribution is 2.37. The normalized spacial score (nSPS) is 16.9. The third-order valence-corrected chi connectivity index (χ3v) is 3.52. The monoisotopic (exact) mass is 299 g/mol. The summed E-state index contributed by atoms with van der Waals surface area (Å²) in [5.74, 6) is -1.29. The van der Waals surface area contributed by atoms with Crippen molar-refractivity contribution in [2.24, 2.45) is 5.41 Å². The number of nitrogens with zero attached hydrogens (tertiary/aromatic N) is 3. The molecule has 21 heavy (non-hydrogen) atoms. The van der Waals surface area contributed by atoms with Crippen LogP contribution < -0.4 is 0 Å². The lowest BCUT2D eigenvalue weighted by Crippen LogP contribution is -2.23. The lowest BCUT2D eigenvalue weighted by atomic mass is 9.89. The van der Waals surface area contributed by atoms with Crippen LogP contribution in [-0.2, 0) is 16.0 Å². The van der Waals surface area contributed by atoms with Gasteiger partial charge in [-0.25, -0.2) is 0 Å². The molecule has 1 saturated carbocycles. The predicted molar refractivity (Wildman–Crippen MR) is 65.0 cm³/mol. The van der Waals surface area contributed by atoms with Crippen LogP contribution in [0.25, 0.3) is 0 Å². The Morgan fingerprint density at radius 2 is 2.14 bits per heavy atom. The fourth-order valence-corrected chi connectivity index (χ4v) is 2.30. The molecule has 6 nitrogen and oxygen atoms in total. The number of carbonyl (C=O) groups is 1. The van der Waals surface area contributed by atoms with E-state index in [4.69, 9.17) is 10.00 Å². The zero-order valence-corrected chi connectivity index (χ0v) is 11.3. The van der Waals surface area contributed by atoms with Gasteiger partial charge in [0.2, 0.25) is 5.89 Å². The summed E-state index contributed by atoms with van der Waals surface area (Å²) in [6.45, 7) is 0.0778. The molecule has 0 amide bonds. The van der Waals surface area contributed by atoms with Crippen molar-refractivity contribution in [3.63, 3.8) is 0 Å². The molecule has 8 heteroatoms. The summed E-state index contributed by atoms with van der Waals surface area (Å²) in [5.41, 5.74) is -0.566. The number of halogens is 2. The third-order valence-electron chi connectivity index (χ3n) is 3.52. The number of ether oxygens (including phenoxy) is 1. The maximum Gasteiger partial charge on any atom is 0.314 e. The molecule has 1 aromatic heterocycles. The number of carbonyl (C=O) groups excluding carboxylic acids is 1. The molecule has 1 heterocycles. The molecule has 0 radical (unpaired) electrons. The average molecular weight is 299 g/mol. The Kier molecular flexibility index (Phi) is 4.83. The van der Waals surface area contributed by atoms with E-state index in [1.165, 1.54) is 0 Å². The number of esters is 1. The molecule has 2 rings (SSSR count). The van der Waals surface area contributed by atoms with Crippen LogP contribution in [0.3, 0.4) is 0 Å². The maximum absolute atomic E-state index is 12.2. The topological polar surface area (TPSA) is 89.0 Å². The molecule has 0 aliphatic heterocycles. The molecule has 1 aromatic rings. The van der Waals surface area contributed by atoms with Crippen molar-refractivity contribution in [3.8, 4) is 6.07 Å². The van der Waals surface area contributed by atoms with Gasteiger partial charge in [0.05, 0.1) is 17.9 Å². The van der Waals surface area contributed by atoms with E-state index in [0.717, 1.165) is 25.7 Å². The van der Waals surface area contributed by atoms with Crippen molar-refractivity contribution in [3.05, 3.63) is 11.8 Å². The molecule has 1 fully saturated rings. The van der Waals surface area contributed by atoms with Gasteiger partial charge in [-0.3, -0.25) is 4.79 Å². The number of hydrogen-bond donors (Lipinski definition) is 0. The van der Waals surface area contributed by atoms with Gasteiger partial charge in [-0.2, -0.15) is 14.0 Å². The molecular weight excluding hydrogens is 284 g/mol. The number of hydrogen-bond acceptors (Lipinski definition) is 6. The van der Waals surface area contributed by atoms with E-state index in [0.29, 0.717) is 0 Å². The first-order chi connectivity index (χ1) is 10.0. The molecule has 0 saturated heterocycles. The standard InChI is InChI=1S/C13H15F2N3O3/c14-11(15)12-18-17-9(21-12)3-4-10(19)20-8-13(7-16)5-1-2-6-13/h11H,1-6,8H2. The molecule has 0 aromatic carbocycles. The lowest BCUT2D eigenvalue weighted by molar-refractivity contribution is -0.146. The van der Waals surface area contributed by atoms with E-state index >= 15 is 0 Å². The summed E-state index contributed by atoms with van der Waals surface area (Å²) >= 11 is 0. The minimum atomic E-state index is -2.82. The van der Waals surface area contributed by atoms with Crippen molar-refractivity contribution >= 4 is 5.97 Å². The molecule has 0 N–H and O–H groups in total. The van der Waals surface area contributed by atoms with E-state index in [1.807, 2.05) is 0 Å². The van der Waals surface area contributed by atoms with Gasteiger partial charge in [0.1, 0.15) is 6.61 Å². The second-order valence-electron chi connectivity index (χ2n) is 5.09. The molecule has 0 atom stereocenters.